The zero-order chi connectivity index (χ0) is 6.24. The van der Waals surface area contributed by atoms with Crippen LogP contribution in [0.3, 0.4) is 0 Å². The Hall–Kier alpha value is -0.300. The van der Waals surface area contributed by atoms with E-state index in [1.54, 1.807) is 0 Å². The molecule has 0 aromatic heterocycles. The number of hydrogen-bond donors (Lipinski definition) is 1. The predicted octanol–water partition coefficient (Wildman–Crippen LogP) is 0.975. The fourth-order valence-corrected chi connectivity index (χ4v) is 0.520. The molecule has 0 radical (unpaired) electrons. The van der Waals surface area contributed by atoms with E-state index in [-0.39, 0.29) is 0 Å². The molecule has 0 atom stereocenters. The Morgan fingerprint density at radius 2 is 1.88 bits per heavy atom. The van der Waals surface area contributed by atoms with Crippen molar-refractivity contribution in [3.05, 3.63) is 12.2 Å². The van der Waals surface area contributed by atoms with E-state index in [4.69, 9.17) is 0 Å². The highest BCUT2D eigenvalue weighted by molar-refractivity contribution is 4.80. The van der Waals surface area contributed by atoms with Crippen LogP contribution >= 0.6 is 0 Å². The van der Waals surface area contributed by atoms with E-state index in [0.29, 0.717) is 0 Å². The van der Waals surface area contributed by atoms with E-state index in [1.165, 1.54) is 12.8 Å². The third-order valence-corrected chi connectivity index (χ3v) is 0.993. The second-order valence-electron chi connectivity index (χ2n) is 1.90. The van der Waals surface area contributed by atoms with Crippen LogP contribution in [-0.4, -0.2) is 6.54 Å². The van der Waals surface area contributed by atoms with Crippen molar-refractivity contribution in [3.63, 3.8) is 0 Å². The van der Waals surface area contributed by atoms with Gasteiger partial charge in [-0.3, -0.25) is 0 Å². The normalized spacial score (nSPS) is 10.8. The summed E-state index contributed by atoms with van der Waals surface area (Å²) < 4.78 is 0. The predicted molar refractivity (Wildman–Crippen MR) is 36.4 cm³/mol. The quantitative estimate of drug-likeness (QED) is 0.527. The molecule has 0 bridgehead atoms. The van der Waals surface area contributed by atoms with Crippen molar-refractivity contribution in [3.8, 4) is 0 Å². The van der Waals surface area contributed by atoms with E-state index in [1.807, 2.05) is 0 Å². The molecule has 0 aliphatic rings. The van der Waals surface area contributed by atoms with Crippen molar-refractivity contribution >= 4 is 0 Å². The van der Waals surface area contributed by atoms with Gasteiger partial charge in [0.05, 0.1) is 6.54 Å². The van der Waals surface area contributed by atoms with Crippen molar-refractivity contribution in [1.82, 2.24) is 0 Å². The molecule has 0 amide bonds. The first-order valence-corrected chi connectivity index (χ1v) is 3.36. The molecule has 0 saturated heterocycles. The maximum atomic E-state index is 3.73. The molecule has 0 aliphatic carbocycles. The number of unbranched alkanes of at least 4 members (excludes halogenated alkanes) is 1. The SMILES string of the molecule is CCCC=CCC[NH3+]. The number of rotatable bonds is 4. The zero-order valence-corrected chi connectivity index (χ0v) is 5.69. The Labute approximate surface area is 51.6 Å². The summed E-state index contributed by atoms with van der Waals surface area (Å²) in [5.41, 5.74) is 3.73. The lowest BCUT2D eigenvalue weighted by molar-refractivity contribution is -0.366. The third-order valence-electron chi connectivity index (χ3n) is 0.993. The molecule has 0 unspecified atom stereocenters. The Kier molecular flexibility index (Phi) is 6.45. The van der Waals surface area contributed by atoms with Gasteiger partial charge in [0, 0.05) is 6.42 Å². The van der Waals surface area contributed by atoms with Gasteiger partial charge in [-0.15, -0.1) is 0 Å². The molecule has 0 aromatic carbocycles. The summed E-state index contributed by atoms with van der Waals surface area (Å²) in [5.74, 6) is 0. The summed E-state index contributed by atoms with van der Waals surface area (Å²) >= 11 is 0. The largest absolute Gasteiger partial charge is 0.357 e. The number of allylic oxidation sites excluding steroid dienone is 1. The van der Waals surface area contributed by atoms with Crippen LogP contribution in [0.4, 0.5) is 0 Å². The Morgan fingerprint density at radius 1 is 1.25 bits per heavy atom. The van der Waals surface area contributed by atoms with E-state index < -0.39 is 0 Å². The number of quaternary nitrogens is 1. The van der Waals surface area contributed by atoms with Gasteiger partial charge in [0.2, 0.25) is 0 Å². The molecule has 3 N–H and O–H groups in total. The topological polar surface area (TPSA) is 27.6 Å². The maximum Gasteiger partial charge on any atom is 0.0774 e. The van der Waals surface area contributed by atoms with Crippen LogP contribution in [0.1, 0.15) is 26.2 Å². The molecule has 1 nitrogen and oxygen atoms in total. The lowest BCUT2D eigenvalue weighted by Gasteiger charge is -1.82. The molecule has 0 aromatic rings. The summed E-state index contributed by atoms with van der Waals surface area (Å²) in [4.78, 5) is 0. The second kappa shape index (κ2) is 6.70. The first kappa shape index (κ1) is 7.70. The molecule has 0 saturated carbocycles. The van der Waals surface area contributed by atoms with Crippen molar-refractivity contribution in [2.24, 2.45) is 0 Å². The summed E-state index contributed by atoms with van der Waals surface area (Å²) in [7, 11) is 0. The zero-order valence-electron chi connectivity index (χ0n) is 5.69. The summed E-state index contributed by atoms with van der Waals surface area (Å²) in [6.45, 7) is 3.22. The molecule has 0 rings (SSSR count). The fourth-order valence-electron chi connectivity index (χ4n) is 0.520. The van der Waals surface area contributed by atoms with E-state index in [2.05, 4.69) is 24.8 Å². The molecule has 0 aliphatic heterocycles. The highest BCUT2D eigenvalue weighted by Gasteiger charge is 1.73. The Bertz CT molecular complexity index is 49.4. The molecule has 0 spiro atoms. The van der Waals surface area contributed by atoms with Gasteiger partial charge in [-0.1, -0.05) is 25.5 Å². The highest BCUT2D eigenvalue weighted by atomic mass is 14.5. The lowest BCUT2D eigenvalue weighted by atomic mass is 10.3. The molecular formula is C7H16N+. The molecule has 8 heavy (non-hydrogen) atoms. The van der Waals surface area contributed by atoms with Crippen molar-refractivity contribution in [1.29, 1.82) is 0 Å². The van der Waals surface area contributed by atoms with Crippen LogP contribution in [0.5, 0.6) is 0 Å². The first-order valence-electron chi connectivity index (χ1n) is 3.36. The van der Waals surface area contributed by atoms with Crippen LogP contribution in [-0.2, 0) is 0 Å². The minimum absolute atomic E-state index is 1.03. The van der Waals surface area contributed by atoms with Gasteiger partial charge in [0.25, 0.3) is 0 Å². The van der Waals surface area contributed by atoms with Crippen LogP contribution < -0.4 is 5.73 Å². The molecule has 0 heterocycles. The standard InChI is InChI=1S/C7H15N/c1-2-3-4-5-6-7-8/h4-5H,2-3,6-8H2,1H3/p+1. The van der Waals surface area contributed by atoms with Gasteiger partial charge < -0.3 is 5.73 Å². The molecule has 0 fully saturated rings. The highest BCUT2D eigenvalue weighted by Crippen LogP contribution is 1.88. The summed E-state index contributed by atoms with van der Waals surface area (Å²) in [6, 6.07) is 0. The second-order valence-corrected chi connectivity index (χ2v) is 1.90. The summed E-state index contributed by atoms with van der Waals surface area (Å²) in [5, 5.41) is 0. The van der Waals surface area contributed by atoms with Gasteiger partial charge in [-0.2, -0.15) is 0 Å². The van der Waals surface area contributed by atoms with Crippen LogP contribution in [0.2, 0.25) is 0 Å². The van der Waals surface area contributed by atoms with Gasteiger partial charge in [0.1, 0.15) is 0 Å². The van der Waals surface area contributed by atoms with Crippen molar-refractivity contribution in [2.75, 3.05) is 6.54 Å². The fraction of sp³-hybridized carbons (Fsp3) is 0.714. The smallest absolute Gasteiger partial charge is 0.0774 e. The van der Waals surface area contributed by atoms with Crippen LogP contribution in [0.15, 0.2) is 12.2 Å². The van der Waals surface area contributed by atoms with E-state index in [9.17, 15) is 0 Å². The Balaban J connectivity index is 2.83. The number of hydrogen-bond acceptors (Lipinski definition) is 0. The molecule has 1 heteroatoms. The lowest BCUT2D eigenvalue weighted by Crippen LogP contribution is -2.49. The average molecular weight is 114 g/mol. The molecular weight excluding hydrogens is 98.1 g/mol. The maximum absolute atomic E-state index is 3.73. The van der Waals surface area contributed by atoms with E-state index in [0.717, 1.165) is 13.0 Å². The minimum atomic E-state index is 1.03. The third kappa shape index (κ3) is 5.70. The monoisotopic (exact) mass is 114 g/mol. The van der Waals surface area contributed by atoms with Gasteiger partial charge in [-0.25, -0.2) is 0 Å². The minimum Gasteiger partial charge on any atom is -0.357 e. The average Bonchev–Trinajstić information content (AvgIpc) is 1.81. The van der Waals surface area contributed by atoms with Crippen LogP contribution in [0.25, 0.3) is 0 Å². The van der Waals surface area contributed by atoms with Gasteiger partial charge in [0.15, 0.2) is 0 Å². The van der Waals surface area contributed by atoms with Gasteiger partial charge in [-0.05, 0) is 6.42 Å². The molecule has 48 valence electrons. The Morgan fingerprint density at radius 3 is 2.38 bits per heavy atom. The first-order chi connectivity index (χ1) is 3.91. The van der Waals surface area contributed by atoms with Crippen molar-refractivity contribution < 1.29 is 5.73 Å². The summed E-state index contributed by atoms with van der Waals surface area (Å²) in [6.07, 6.45) is 8.05. The van der Waals surface area contributed by atoms with Crippen molar-refractivity contribution in [2.45, 2.75) is 26.2 Å². The van der Waals surface area contributed by atoms with Gasteiger partial charge >= 0.3 is 0 Å². The van der Waals surface area contributed by atoms with E-state index >= 15 is 0 Å². The van der Waals surface area contributed by atoms with Crippen LogP contribution in [0, 0.1) is 0 Å².